The number of hydrogen-bond donors (Lipinski definition) is 2. The molecular formula is C11H13N3O2S2. The molecule has 7 heteroatoms. The van der Waals surface area contributed by atoms with Crippen molar-refractivity contribution in [2.45, 2.75) is 10.6 Å². The molecule has 0 fully saturated rings. The lowest BCUT2D eigenvalue weighted by molar-refractivity contribution is 0.603. The number of rotatable bonds is 5. The fraction of sp³-hybridized carbons (Fsp3) is 0.182. The van der Waals surface area contributed by atoms with Gasteiger partial charge in [0.05, 0.1) is 0 Å². The van der Waals surface area contributed by atoms with Gasteiger partial charge >= 0.3 is 0 Å². The number of anilines is 1. The summed E-state index contributed by atoms with van der Waals surface area (Å²) in [6, 6.07) is 8.42. The van der Waals surface area contributed by atoms with Gasteiger partial charge in [-0.3, -0.25) is 4.72 Å². The van der Waals surface area contributed by atoms with Crippen LogP contribution in [0.3, 0.4) is 0 Å². The molecule has 2 heterocycles. The second kappa shape index (κ2) is 5.47. The zero-order chi connectivity index (χ0) is 13.0. The Morgan fingerprint density at radius 2 is 2.11 bits per heavy atom. The molecule has 2 rings (SSSR count). The van der Waals surface area contributed by atoms with Crippen molar-refractivity contribution in [3.05, 3.63) is 41.4 Å². The number of sulfonamides is 1. The molecule has 96 valence electrons. The van der Waals surface area contributed by atoms with Crippen LogP contribution in [0, 0.1) is 0 Å². The predicted octanol–water partition coefficient (Wildman–Crippen LogP) is 1.45. The average Bonchev–Trinajstić information content (AvgIpc) is 2.80. The first kappa shape index (κ1) is 13.0. The monoisotopic (exact) mass is 283 g/mol. The maximum atomic E-state index is 12.0. The Hall–Kier alpha value is -1.44. The molecule has 0 saturated carbocycles. The molecule has 0 aliphatic heterocycles. The molecule has 0 atom stereocenters. The molecule has 18 heavy (non-hydrogen) atoms. The van der Waals surface area contributed by atoms with E-state index in [1.54, 1.807) is 30.3 Å². The number of aromatic nitrogens is 1. The highest BCUT2D eigenvalue weighted by Crippen LogP contribution is 2.23. The Labute approximate surface area is 110 Å². The summed E-state index contributed by atoms with van der Waals surface area (Å²) in [5.74, 6) is 0.311. The Bertz CT molecular complexity index is 608. The van der Waals surface area contributed by atoms with Crippen molar-refractivity contribution in [1.82, 2.24) is 4.98 Å². The number of thiophene rings is 1. The summed E-state index contributed by atoms with van der Waals surface area (Å²) in [6.07, 6.45) is 2.22. The molecule has 2 aromatic rings. The topological polar surface area (TPSA) is 85.1 Å². The van der Waals surface area contributed by atoms with Gasteiger partial charge in [0.2, 0.25) is 0 Å². The van der Waals surface area contributed by atoms with E-state index in [2.05, 4.69) is 9.71 Å². The van der Waals surface area contributed by atoms with Crippen LogP contribution in [-0.2, 0) is 16.4 Å². The normalized spacial score (nSPS) is 11.4. The van der Waals surface area contributed by atoms with Gasteiger partial charge in [-0.1, -0.05) is 6.07 Å². The van der Waals surface area contributed by atoms with Crippen LogP contribution >= 0.6 is 11.3 Å². The minimum atomic E-state index is -3.55. The van der Waals surface area contributed by atoms with Crippen molar-refractivity contribution in [3.63, 3.8) is 0 Å². The van der Waals surface area contributed by atoms with Crippen molar-refractivity contribution in [2.24, 2.45) is 5.73 Å². The zero-order valence-corrected chi connectivity index (χ0v) is 11.2. The summed E-state index contributed by atoms with van der Waals surface area (Å²) in [7, 11) is -3.55. The van der Waals surface area contributed by atoms with E-state index in [1.165, 1.54) is 17.5 Å². The van der Waals surface area contributed by atoms with Crippen LogP contribution in [0.2, 0.25) is 0 Å². The van der Waals surface area contributed by atoms with E-state index >= 15 is 0 Å². The van der Waals surface area contributed by atoms with Crippen LogP contribution in [0.15, 0.2) is 40.7 Å². The largest absolute Gasteiger partial charge is 0.330 e. The van der Waals surface area contributed by atoms with Crippen molar-refractivity contribution >= 4 is 27.2 Å². The molecular weight excluding hydrogens is 270 g/mol. The first-order valence-electron chi connectivity index (χ1n) is 5.34. The predicted molar refractivity (Wildman–Crippen MR) is 72.1 cm³/mol. The molecule has 2 aromatic heterocycles. The number of nitrogens with two attached hydrogens (primary N) is 1. The highest BCUT2D eigenvalue weighted by atomic mass is 32.2. The fourth-order valence-corrected chi connectivity index (χ4v) is 3.77. The lowest BCUT2D eigenvalue weighted by Crippen LogP contribution is -2.12. The van der Waals surface area contributed by atoms with E-state index in [0.29, 0.717) is 18.8 Å². The quantitative estimate of drug-likeness (QED) is 0.869. The zero-order valence-electron chi connectivity index (χ0n) is 9.54. The second-order valence-electron chi connectivity index (χ2n) is 3.58. The number of pyridine rings is 1. The molecule has 0 aromatic carbocycles. The molecule has 3 N–H and O–H groups in total. The van der Waals surface area contributed by atoms with Crippen LogP contribution in [0.1, 0.15) is 4.88 Å². The highest BCUT2D eigenvalue weighted by Gasteiger charge is 2.17. The van der Waals surface area contributed by atoms with Crippen LogP contribution in [0.5, 0.6) is 0 Å². The van der Waals surface area contributed by atoms with Gasteiger partial charge in [-0.2, -0.15) is 0 Å². The Morgan fingerprint density at radius 3 is 2.78 bits per heavy atom. The Kier molecular flexibility index (Phi) is 3.95. The first-order chi connectivity index (χ1) is 8.62. The summed E-state index contributed by atoms with van der Waals surface area (Å²) in [5, 5.41) is 0. The lowest BCUT2D eigenvalue weighted by Gasteiger charge is -2.04. The van der Waals surface area contributed by atoms with E-state index < -0.39 is 10.0 Å². The number of hydrogen-bond acceptors (Lipinski definition) is 5. The minimum absolute atomic E-state index is 0.275. The molecule has 0 aliphatic carbocycles. The molecule has 5 nitrogen and oxygen atoms in total. The van der Waals surface area contributed by atoms with Crippen molar-refractivity contribution in [3.8, 4) is 0 Å². The van der Waals surface area contributed by atoms with Gasteiger partial charge in [0.25, 0.3) is 10.0 Å². The average molecular weight is 283 g/mol. The highest BCUT2D eigenvalue weighted by molar-refractivity contribution is 7.94. The van der Waals surface area contributed by atoms with Gasteiger partial charge in [-0.15, -0.1) is 11.3 Å². The van der Waals surface area contributed by atoms with Gasteiger partial charge in [0.15, 0.2) is 0 Å². The lowest BCUT2D eigenvalue weighted by atomic mass is 10.3. The van der Waals surface area contributed by atoms with Gasteiger partial charge in [0, 0.05) is 11.1 Å². The van der Waals surface area contributed by atoms with Crippen molar-refractivity contribution in [2.75, 3.05) is 11.3 Å². The van der Waals surface area contributed by atoms with Crippen molar-refractivity contribution < 1.29 is 8.42 Å². The van der Waals surface area contributed by atoms with Crippen LogP contribution in [0.4, 0.5) is 5.82 Å². The maximum Gasteiger partial charge on any atom is 0.272 e. The molecule has 0 bridgehead atoms. The number of nitrogens with one attached hydrogen (secondary N) is 1. The smallest absolute Gasteiger partial charge is 0.272 e. The van der Waals surface area contributed by atoms with Crippen LogP contribution in [-0.4, -0.2) is 19.9 Å². The first-order valence-corrected chi connectivity index (χ1v) is 7.64. The molecule has 0 spiro atoms. The van der Waals surface area contributed by atoms with Gasteiger partial charge in [-0.25, -0.2) is 13.4 Å². The summed E-state index contributed by atoms with van der Waals surface area (Å²) >= 11 is 1.23. The second-order valence-corrected chi connectivity index (χ2v) is 6.66. The molecule has 0 radical (unpaired) electrons. The van der Waals surface area contributed by atoms with E-state index in [-0.39, 0.29) is 4.21 Å². The third-order valence-corrected chi connectivity index (χ3v) is 5.19. The summed E-state index contributed by atoms with van der Waals surface area (Å²) in [6.45, 7) is 0.508. The SMILES string of the molecule is NCCc1ccc(S(=O)(=O)Nc2ccccn2)s1. The molecule has 0 aliphatic rings. The molecule has 0 unspecified atom stereocenters. The minimum Gasteiger partial charge on any atom is -0.330 e. The van der Waals surface area contributed by atoms with E-state index in [1.807, 2.05) is 0 Å². The third kappa shape index (κ3) is 3.06. The van der Waals surface area contributed by atoms with Crippen LogP contribution in [0.25, 0.3) is 0 Å². The van der Waals surface area contributed by atoms with E-state index in [0.717, 1.165) is 4.88 Å². The van der Waals surface area contributed by atoms with E-state index in [4.69, 9.17) is 5.73 Å². The van der Waals surface area contributed by atoms with Gasteiger partial charge in [0.1, 0.15) is 10.0 Å². The maximum absolute atomic E-state index is 12.0. The Morgan fingerprint density at radius 1 is 1.28 bits per heavy atom. The van der Waals surface area contributed by atoms with Crippen molar-refractivity contribution in [1.29, 1.82) is 0 Å². The van der Waals surface area contributed by atoms with E-state index in [9.17, 15) is 8.42 Å². The van der Waals surface area contributed by atoms with Gasteiger partial charge < -0.3 is 5.73 Å². The third-order valence-electron chi connectivity index (χ3n) is 2.20. The summed E-state index contributed by atoms with van der Waals surface area (Å²) in [4.78, 5) is 4.88. The summed E-state index contributed by atoms with van der Waals surface area (Å²) in [5.41, 5.74) is 5.43. The summed E-state index contributed by atoms with van der Waals surface area (Å²) < 4.78 is 26.8. The number of nitrogens with zero attached hydrogens (tertiary/aromatic N) is 1. The van der Waals surface area contributed by atoms with Gasteiger partial charge in [-0.05, 0) is 37.2 Å². The fourth-order valence-electron chi connectivity index (χ4n) is 1.39. The Balaban J connectivity index is 2.20. The van der Waals surface area contributed by atoms with Crippen LogP contribution < -0.4 is 10.5 Å². The standard InChI is InChI=1S/C11H13N3O2S2/c12-7-6-9-4-5-11(17-9)18(15,16)14-10-3-1-2-8-13-10/h1-5,8H,6-7,12H2,(H,13,14). The molecule has 0 amide bonds. The molecule has 0 saturated heterocycles.